The Bertz CT molecular complexity index is 1670. The standard InChI is InChI=1S/C25H13N3O/c26-14-16-10-11-18-23-19(13-12-17(22(16)23)15-6-2-1-3-7-15)25(29)28-21-9-5-4-8-20(21)27-24(18)28/h1-13H. The zero-order valence-electron chi connectivity index (χ0n) is 15.3. The number of benzene rings is 4. The number of hydrogen-bond donors (Lipinski definition) is 0. The van der Waals surface area contributed by atoms with Gasteiger partial charge in [-0.15, -0.1) is 0 Å². The molecule has 0 aliphatic carbocycles. The molecule has 0 radical (unpaired) electrons. The Balaban J connectivity index is 1.92. The lowest BCUT2D eigenvalue weighted by Crippen LogP contribution is -2.13. The first-order valence-corrected chi connectivity index (χ1v) is 9.36. The van der Waals surface area contributed by atoms with Crippen LogP contribution in [0.25, 0.3) is 49.4 Å². The van der Waals surface area contributed by atoms with E-state index in [1.807, 2.05) is 78.9 Å². The van der Waals surface area contributed by atoms with E-state index in [0.29, 0.717) is 16.6 Å². The fraction of sp³-hybridized carbons (Fsp3) is 0. The fourth-order valence-corrected chi connectivity index (χ4v) is 4.34. The van der Waals surface area contributed by atoms with Crippen LogP contribution < -0.4 is 5.56 Å². The maximum atomic E-state index is 13.5. The van der Waals surface area contributed by atoms with E-state index in [9.17, 15) is 10.1 Å². The number of pyridine rings is 1. The van der Waals surface area contributed by atoms with Crippen LogP contribution in [0.1, 0.15) is 5.56 Å². The van der Waals surface area contributed by atoms with Crippen LogP contribution in [0.2, 0.25) is 0 Å². The molecule has 134 valence electrons. The average Bonchev–Trinajstić information content (AvgIpc) is 3.17. The summed E-state index contributed by atoms with van der Waals surface area (Å²) in [5.74, 6) is 0. The highest BCUT2D eigenvalue weighted by Crippen LogP contribution is 2.37. The van der Waals surface area contributed by atoms with E-state index >= 15 is 0 Å². The molecule has 2 aromatic heterocycles. The zero-order chi connectivity index (χ0) is 19.5. The van der Waals surface area contributed by atoms with Crippen molar-refractivity contribution in [3.05, 3.63) is 94.8 Å². The summed E-state index contributed by atoms with van der Waals surface area (Å²) in [5, 5.41) is 12.9. The lowest BCUT2D eigenvalue weighted by atomic mass is 9.91. The second-order valence-corrected chi connectivity index (χ2v) is 7.11. The first-order valence-electron chi connectivity index (χ1n) is 9.36. The molecule has 0 aliphatic rings. The number of para-hydroxylation sites is 2. The van der Waals surface area contributed by atoms with Crippen molar-refractivity contribution in [1.82, 2.24) is 9.38 Å². The predicted octanol–water partition coefficient (Wildman–Crippen LogP) is 5.13. The zero-order valence-corrected chi connectivity index (χ0v) is 15.3. The fourth-order valence-electron chi connectivity index (χ4n) is 4.34. The number of hydrogen-bond acceptors (Lipinski definition) is 3. The molecule has 4 heteroatoms. The van der Waals surface area contributed by atoms with Crippen molar-refractivity contribution < 1.29 is 0 Å². The third kappa shape index (κ3) is 2.02. The monoisotopic (exact) mass is 371 g/mol. The van der Waals surface area contributed by atoms with Gasteiger partial charge in [0.05, 0.1) is 22.7 Å². The molecule has 2 heterocycles. The predicted molar refractivity (Wildman–Crippen MR) is 115 cm³/mol. The van der Waals surface area contributed by atoms with Crippen molar-refractivity contribution in [2.24, 2.45) is 0 Å². The molecule has 0 spiro atoms. The minimum atomic E-state index is -0.110. The number of nitrogens with zero attached hydrogens (tertiary/aromatic N) is 3. The van der Waals surface area contributed by atoms with Gasteiger partial charge >= 0.3 is 0 Å². The first-order chi connectivity index (χ1) is 14.3. The van der Waals surface area contributed by atoms with Crippen LogP contribution in [0.4, 0.5) is 0 Å². The largest absolute Gasteiger partial charge is 0.268 e. The number of aromatic nitrogens is 2. The van der Waals surface area contributed by atoms with Gasteiger partial charge in [0.25, 0.3) is 5.56 Å². The molecule has 0 atom stereocenters. The molecular formula is C25H13N3O. The Kier molecular flexibility index (Phi) is 3.07. The molecular weight excluding hydrogens is 358 g/mol. The summed E-state index contributed by atoms with van der Waals surface area (Å²) in [6.07, 6.45) is 0. The van der Waals surface area contributed by atoms with Crippen molar-refractivity contribution in [2.75, 3.05) is 0 Å². The second-order valence-electron chi connectivity index (χ2n) is 7.11. The third-order valence-electron chi connectivity index (χ3n) is 5.60. The molecule has 0 unspecified atom stereocenters. The quantitative estimate of drug-likeness (QED) is 0.402. The first kappa shape index (κ1) is 15.8. The molecule has 0 saturated heterocycles. The smallest absolute Gasteiger partial charge is 0.264 e. The van der Waals surface area contributed by atoms with Crippen LogP contribution in [0, 0.1) is 11.3 Å². The number of nitriles is 1. The van der Waals surface area contributed by atoms with Crippen LogP contribution in [-0.4, -0.2) is 9.38 Å². The minimum absolute atomic E-state index is 0.110. The van der Waals surface area contributed by atoms with Crippen molar-refractivity contribution in [3.8, 4) is 17.2 Å². The van der Waals surface area contributed by atoms with Crippen LogP contribution in [0.3, 0.4) is 0 Å². The molecule has 6 rings (SSSR count). The van der Waals surface area contributed by atoms with Gasteiger partial charge in [-0.2, -0.15) is 5.26 Å². The molecule has 29 heavy (non-hydrogen) atoms. The Hall–Kier alpha value is -4.23. The van der Waals surface area contributed by atoms with Crippen LogP contribution in [-0.2, 0) is 0 Å². The van der Waals surface area contributed by atoms with E-state index in [0.717, 1.165) is 38.3 Å². The normalized spacial score (nSPS) is 11.6. The van der Waals surface area contributed by atoms with Gasteiger partial charge in [-0.25, -0.2) is 4.98 Å². The summed E-state index contributed by atoms with van der Waals surface area (Å²) in [7, 11) is 0. The molecule has 4 aromatic carbocycles. The lowest BCUT2D eigenvalue weighted by Gasteiger charge is -2.13. The molecule has 0 bridgehead atoms. The Morgan fingerprint density at radius 1 is 0.793 bits per heavy atom. The third-order valence-corrected chi connectivity index (χ3v) is 5.60. The van der Waals surface area contributed by atoms with Crippen LogP contribution in [0.5, 0.6) is 0 Å². The number of imidazole rings is 1. The summed E-state index contributed by atoms with van der Waals surface area (Å²) in [6.45, 7) is 0. The van der Waals surface area contributed by atoms with Crippen molar-refractivity contribution in [2.45, 2.75) is 0 Å². The van der Waals surface area contributed by atoms with Gasteiger partial charge < -0.3 is 0 Å². The highest BCUT2D eigenvalue weighted by molar-refractivity contribution is 6.20. The Labute approximate surface area is 165 Å². The van der Waals surface area contributed by atoms with Gasteiger partial charge in [0, 0.05) is 21.5 Å². The molecule has 0 N–H and O–H groups in total. The van der Waals surface area contributed by atoms with Crippen molar-refractivity contribution in [1.29, 1.82) is 5.26 Å². The van der Waals surface area contributed by atoms with Gasteiger partial charge in [0.1, 0.15) is 5.65 Å². The van der Waals surface area contributed by atoms with E-state index in [1.165, 1.54) is 0 Å². The maximum absolute atomic E-state index is 13.5. The maximum Gasteiger partial charge on any atom is 0.264 e. The van der Waals surface area contributed by atoms with Gasteiger partial charge in [-0.3, -0.25) is 9.20 Å². The summed E-state index contributed by atoms with van der Waals surface area (Å²) in [4.78, 5) is 18.2. The Morgan fingerprint density at radius 3 is 2.38 bits per heavy atom. The minimum Gasteiger partial charge on any atom is -0.268 e. The van der Waals surface area contributed by atoms with E-state index in [2.05, 4.69) is 6.07 Å². The van der Waals surface area contributed by atoms with Gasteiger partial charge in [0.2, 0.25) is 0 Å². The van der Waals surface area contributed by atoms with Crippen LogP contribution in [0.15, 0.2) is 83.7 Å². The molecule has 6 aromatic rings. The highest BCUT2D eigenvalue weighted by atomic mass is 16.1. The molecule has 0 saturated carbocycles. The highest BCUT2D eigenvalue weighted by Gasteiger charge is 2.19. The summed E-state index contributed by atoms with van der Waals surface area (Å²) in [6, 6.07) is 27.5. The molecule has 4 nitrogen and oxygen atoms in total. The molecule has 0 amide bonds. The molecule has 0 aliphatic heterocycles. The summed E-state index contributed by atoms with van der Waals surface area (Å²) >= 11 is 0. The van der Waals surface area contributed by atoms with E-state index in [1.54, 1.807) is 4.40 Å². The van der Waals surface area contributed by atoms with E-state index < -0.39 is 0 Å². The van der Waals surface area contributed by atoms with Gasteiger partial charge in [0.15, 0.2) is 0 Å². The molecule has 0 fully saturated rings. The number of fused-ring (bicyclic) bond motifs is 4. The lowest BCUT2D eigenvalue weighted by molar-refractivity contribution is 1.19. The second kappa shape index (κ2) is 5.63. The van der Waals surface area contributed by atoms with Gasteiger partial charge in [-0.1, -0.05) is 48.5 Å². The SMILES string of the molecule is N#Cc1ccc2c3c1c(-c1ccccc1)ccc3c(=O)n1c3ccccc3nc21. The van der Waals surface area contributed by atoms with E-state index in [-0.39, 0.29) is 5.56 Å². The van der Waals surface area contributed by atoms with Crippen LogP contribution >= 0.6 is 0 Å². The van der Waals surface area contributed by atoms with E-state index in [4.69, 9.17) is 4.98 Å². The number of rotatable bonds is 1. The summed E-state index contributed by atoms with van der Waals surface area (Å²) < 4.78 is 1.68. The Morgan fingerprint density at radius 2 is 1.55 bits per heavy atom. The summed E-state index contributed by atoms with van der Waals surface area (Å²) in [5.41, 5.74) is 4.61. The van der Waals surface area contributed by atoms with Crippen molar-refractivity contribution >= 4 is 38.2 Å². The van der Waals surface area contributed by atoms with Gasteiger partial charge in [-0.05, 0) is 41.5 Å². The van der Waals surface area contributed by atoms with Crippen molar-refractivity contribution in [3.63, 3.8) is 0 Å². The topological polar surface area (TPSA) is 58.2 Å². The average molecular weight is 371 g/mol.